The summed E-state index contributed by atoms with van der Waals surface area (Å²) in [6, 6.07) is 1.54. The molecule has 1 heterocycles. The van der Waals surface area contributed by atoms with Crippen LogP contribution < -0.4 is 10.6 Å². The summed E-state index contributed by atoms with van der Waals surface area (Å²) in [5.74, 6) is 0.873. The first kappa shape index (κ1) is 15.3. The highest BCUT2D eigenvalue weighted by atomic mass is 15.0. The van der Waals surface area contributed by atoms with E-state index in [9.17, 15) is 0 Å². The van der Waals surface area contributed by atoms with Crippen molar-refractivity contribution >= 4 is 0 Å². The van der Waals surface area contributed by atoms with E-state index in [1.54, 1.807) is 0 Å². The molecule has 0 aromatic heterocycles. The predicted octanol–water partition coefficient (Wildman–Crippen LogP) is 3.57. The molecule has 19 heavy (non-hydrogen) atoms. The van der Waals surface area contributed by atoms with Crippen molar-refractivity contribution in [1.29, 1.82) is 0 Å². The zero-order valence-electron chi connectivity index (χ0n) is 13.7. The van der Waals surface area contributed by atoms with Crippen LogP contribution in [0.4, 0.5) is 0 Å². The Kier molecular flexibility index (Phi) is 4.62. The molecule has 1 saturated heterocycles. The van der Waals surface area contributed by atoms with Crippen LogP contribution in [-0.4, -0.2) is 25.2 Å². The van der Waals surface area contributed by atoms with E-state index >= 15 is 0 Å². The molecule has 2 N–H and O–H groups in total. The monoisotopic (exact) mass is 266 g/mol. The van der Waals surface area contributed by atoms with Gasteiger partial charge in [-0.15, -0.1) is 0 Å². The lowest BCUT2D eigenvalue weighted by Crippen LogP contribution is -2.47. The minimum atomic E-state index is 0.350. The molecular weight excluding hydrogens is 232 g/mol. The normalized spacial score (nSPS) is 33.0. The maximum absolute atomic E-state index is 3.92. The van der Waals surface area contributed by atoms with Crippen molar-refractivity contribution in [2.75, 3.05) is 13.1 Å². The third kappa shape index (κ3) is 3.52. The summed E-state index contributed by atoms with van der Waals surface area (Å²) in [6.07, 6.45) is 6.98. The Balaban J connectivity index is 1.88. The molecule has 2 nitrogen and oxygen atoms in total. The molecule has 112 valence electrons. The van der Waals surface area contributed by atoms with E-state index < -0.39 is 0 Å². The molecule has 2 aliphatic rings. The summed E-state index contributed by atoms with van der Waals surface area (Å²) in [5, 5.41) is 7.63. The Morgan fingerprint density at radius 1 is 1.00 bits per heavy atom. The van der Waals surface area contributed by atoms with E-state index in [-0.39, 0.29) is 0 Å². The molecule has 0 bridgehead atoms. The Morgan fingerprint density at radius 3 is 2.32 bits per heavy atom. The minimum absolute atomic E-state index is 0.350. The van der Waals surface area contributed by atoms with Gasteiger partial charge in [-0.1, -0.05) is 41.0 Å². The molecule has 2 fully saturated rings. The summed E-state index contributed by atoms with van der Waals surface area (Å²) in [4.78, 5) is 0. The molecule has 0 aromatic carbocycles. The molecule has 1 saturated carbocycles. The zero-order chi connectivity index (χ0) is 14.1. The summed E-state index contributed by atoms with van der Waals surface area (Å²) >= 11 is 0. The first-order valence-corrected chi connectivity index (χ1v) is 8.28. The summed E-state index contributed by atoms with van der Waals surface area (Å²) in [5.41, 5.74) is 0.711. The second-order valence-electron chi connectivity index (χ2n) is 8.42. The molecule has 0 spiro atoms. The lowest BCUT2D eigenvalue weighted by Gasteiger charge is -2.40. The van der Waals surface area contributed by atoms with Crippen molar-refractivity contribution in [2.45, 2.75) is 78.8 Å². The average molecular weight is 266 g/mol. The summed E-state index contributed by atoms with van der Waals surface area (Å²) < 4.78 is 0. The Hall–Kier alpha value is -0.0800. The summed E-state index contributed by atoms with van der Waals surface area (Å²) in [6.45, 7) is 14.3. The average Bonchev–Trinajstić information content (AvgIpc) is 2.95. The quantitative estimate of drug-likeness (QED) is 0.813. The van der Waals surface area contributed by atoms with Crippen molar-refractivity contribution in [3.63, 3.8) is 0 Å². The van der Waals surface area contributed by atoms with E-state index in [4.69, 9.17) is 0 Å². The summed E-state index contributed by atoms with van der Waals surface area (Å²) in [7, 11) is 0. The van der Waals surface area contributed by atoms with E-state index in [0.717, 1.165) is 24.5 Å². The highest BCUT2D eigenvalue weighted by Crippen LogP contribution is 2.38. The molecule has 3 atom stereocenters. The van der Waals surface area contributed by atoms with Gasteiger partial charge in [0.05, 0.1) is 0 Å². The van der Waals surface area contributed by atoms with Gasteiger partial charge < -0.3 is 10.6 Å². The van der Waals surface area contributed by atoms with Crippen molar-refractivity contribution in [2.24, 2.45) is 16.7 Å². The first-order valence-electron chi connectivity index (χ1n) is 8.28. The maximum Gasteiger partial charge on any atom is 0.0111 e. The third-order valence-electron chi connectivity index (χ3n) is 6.02. The van der Waals surface area contributed by atoms with Gasteiger partial charge in [-0.25, -0.2) is 0 Å². The highest BCUT2D eigenvalue weighted by Gasteiger charge is 2.37. The molecule has 3 unspecified atom stereocenters. The molecule has 0 amide bonds. The van der Waals surface area contributed by atoms with E-state index in [2.05, 4.69) is 45.3 Å². The van der Waals surface area contributed by atoms with Gasteiger partial charge in [0.2, 0.25) is 0 Å². The van der Waals surface area contributed by atoms with Crippen molar-refractivity contribution < 1.29 is 0 Å². The van der Waals surface area contributed by atoms with Crippen LogP contribution in [0.15, 0.2) is 0 Å². The standard InChI is InChI=1S/C17H34N2/c1-16(2,3)17(4,5)12-19-15-9-6-8-13(15)14-10-7-11-18-14/h13-15,18-19H,6-12H2,1-5H3. The van der Waals surface area contributed by atoms with E-state index in [1.165, 1.54) is 38.6 Å². The second kappa shape index (κ2) is 5.73. The number of hydrogen-bond acceptors (Lipinski definition) is 2. The Bertz CT molecular complexity index is 284. The fraction of sp³-hybridized carbons (Fsp3) is 1.00. The van der Waals surface area contributed by atoms with Crippen LogP contribution in [0.1, 0.15) is 66.7 Å². The molecule has 1 aliphatic heterocycles. The highest BCUT2D eigenvalue weighted by molar-refractivity contribution is 4.95. The number of hydrogen-bond donors (Lipinski definition) is 2. The van der Waals surface area contributed by atoms with E-state index in [0.29, 0.717) is 10.8 Å². The first-order chi connectivity index (χ1) is 8.81. The molecular formula is C17H34N2. The van der Waals surface area contributed by atoms with Gasteiger partial charge in [0.15, 0.2) is 0 Å². The lowest BCUT2D eigenvalue weighted by molar-refractivity contribution is 0.120. The maximum atomic E-state index is 3.92. The number of rotatable bonds is 4. The van der Waals surface area contributed by atoms with Gasteiger partial charge in [-0.05, 0) is 49.0 Å². The lowest BCUT2D eigenvalue weighted by atomic mass is 9.69. The van der Waals surface area contributed by atoms with E-state index in [1.807, 2.05) is 0 Å². The van der Waals surface area contributed by atoms with Gasteiger partial charge in [0.25, 0.3) is 0 Å². The van der Waals surface area contributed by atoms with Crippen LogP contribution in [-0.2, 0) is 0 Å². The van der Waals surface area contributed by atoms with Crippen LogP contribution in [0.3, 0.4) is 0 Å². The minimum Gasteiger partial charge on any atom is -0.314 e. The van der Waals surface area contributed by atoms with Crippen LogP contribution in [0.2, 0.25) is 0 Å². The third-order valence-corrected chi connectivity index (χ3v) is 6.02. The van der Waals surface area contributed by atoms with Crippen molar-refractivity contribution in [3.8, 4) is 0 Å². The van der Waals surface area contributed by atoms with Crippen LogP contribution in [0, 0.1) is 16.7 Å². The largest absolute Gasteiger partial charge is 0.314 e. The van der Waals surface area contributed by atoms with Crippen LogP contribution >= 0.6 is 0 Å². The number of nitrogens with one attached hydrogen (secondary N) is 2. The van der Waals surface area contributed by atoms with Crippen LogP contribution in [0.25, 0.3) is 0 Å². The van der Waals surface area contributed by atoms with Gasteiger partial charge in [0.1, 0.15) is 0 Å². The predicted molar refractivity (Wildman–Crippen MR) is 83.4 cm³/mol. The van der Waals surface area contributed by atoms with Gasteiger partial charge in [-0.3, -0.25) is 0 Å². The SMILES string of the molecule is CC(C)(C)C(C)(C)CNC1CCCC1C1CCCN1. The molecule has 2 rings (SSSR count). The smallest absolute Gasteiger partial charge is 0.0111 e. The van der Waals surface area contributed by atoms with Gasteiger partial charge in [-0.2, -0.15) is 0 Å². The Morgan fingerprint density at radius 2 is 1.74 bits per heavy atom. The molecule has 2 heteroatoms. The van der Waals surface area contributed by atoms with Crippen molar-refractivity contribution in [1.82, 2.24) is 10.6 Å². The van der Waals surface area contributed by atoms with Gasteiger partial charge >= 0.3 is 0 Å². The topological polar surface area (TPSA) is 24.1 Å². The Labute approximate surface area is 120 Å². The van der Waals surface area contributed by atoms with Gasteiger partial charge in [0, 0.05) is 18.6 Å². The zero-order valence-corrected chi connectivity index (χ0v) is 13.7. The molecule has 0 radical (unpaired) electrons. The van der Waals surface area contributed by atoms with Crippen LogP contribution in [0.5, 0.6) is 0 Å². The fourth-order valence-corrected chi connectivity index (χ4v) is 3.45. The van der Waals surface area contributed by atoms with Crippen molar-refractivity contribution in [3.05, 3.63) is 0 Å². The second-order valence-corrected chi connectivity index (χ2v) is 8.42. The fourth-order valence-electron chi connectivity index (χ4n) is 3.45. The molecule has 0 aromatic rings. The molecule has 1 aliphatic carbocycles.